The zero-order valence-electron chi connectivity index (χ0n) is 15.8. The summed E-state index contributed by atoms with van der Waals surface area (Å²) >= 11 is 0. The first-order valence-corrected chi connectivity index (χ1v) is 11.0. The predicted octanol–water partition coefficient (Wildman–Crippen LogP) is 3.04. The van der Waals surface area contributed by atoms with Crippen LogP contribution in [0.2, 0.25) is 0 Å². The lowest BCUT2D eigenvalue weighted by molar-refractivity contribution is 0.107. The van der Waals surface area contributed by atoms with Crippen molar-refractivity contribution in [2.75, 3.05) is 30.5 Å². The molecular weight excluding hydrogens is 360 g/mol. The van der Waals surface area contributed by atoms with E-state index in [1.165, 1.54) is 10.7 Å². The van der Waals surface area contributed by atoms with Crippen molar-refractivity contribution in [1.82, 2.24) is 4.90 Å². The summed E-state index contributed by atoms with van der Waals surface area (Å²) in [6, 6.07) is 15.8. The van der Waals surface area contributed by atoms with Crippen LogP contribution in [0.1, 0.15) is 24.8 Å². The fourth-order valence-corrected chi connectivity index (χ4v) is 4.99. The molecule has 0 amide bonds. The van der Waals surface area contributed by atoms with Crippen LogP contribution in [0.4, 0.5) is 5.69 Å². The van der Waals surface area contributed by atoms with E-state index < -0.39 is 16.1 Å². The molecule has 0 radical (unpaired) electrons. The van der Waals surface area contributed by atoms with Gasteiger partial charge < -0.3 is 10.0 Å². The highest BCUT2D eigenvalue weighted by Gasteiger charge is 2.28. The van der Waals surface area contributed by atoms with Crippen LogP contribution >= 0.6 is 0 Å². The van der Waals surface area contributed by atoms with E-state index in [0.717, 1.165) is 31.5 Å². The van der Waals surface area contributed by atoms with Gasteiger partial charge in [-0.2, -0.15) is 0 Å². The molecule has 1 N–H and O–H groups in total. The van der Waals surface area contributed by atoms with Gasteiger partial charge >= 0.3 is 0 Å². The summed E-state index contributed by atoms with van der Waals surface area (Å²) in [5.41, 5.74) is 1.63. The number of nitrogens with zero attached hydrogens (tertiary/aromatic N) is 2. The maximum Gasteiger partial charge on any atom is 0.264 e. The van der Waals surface area contributed by atoms with E-state index in [0.29, 0.717) is 12.2 Å². The fourth-order valence-electron chi connectivity index (χ4n) is 3.46. The molecule has 0 bridgehead atoms. The van der Waals surface area contributed by atoms with Crippen LogP contribution in [-0.2, 0) is 10.0 Å². The van der Waals surface area contributed by atoms with Crippen molar-refractivity contribution in [1.29, 1.82) is 0 Å². The van der Waals surface area contributed by atoms with Gasteiger partial charge in [0.05, 0.1) is 23.2 Å². The zero-order valence-corrected chi connectivity index (χ0v) is 16.6. The molecule has 5 nitrogen and oxygen atoms in total. The van der Waals surface area contributed by atoms with Gasteiger partial charge in [-0.1, -0.05) is 42.3 Å². The van der Waals surface area contributed by atoms with Gasteiger partial charge in [-0.3, -0.25) is 4.31 Å². The highest BCUT2D eigenvalue weighted by Crippen LogP contribution is 2.24. The highest BCUT2D eigenvalue weighted by molar-refractivity contribution is 7.92. The number of aryl methyl sites for hydroxylation is 1. The van der Waals surface area contributed by atoms with Gasteiger partial charge in [0.2, 0.25) is 0 Å². The second-order valence-corrected chi connectivity index (χ2v) is 9.06. The number of benzene rings is 2. The van der Waals surface area contributed by atoms with Crippen LogP contribution in [0.5, 0.6) is 0 Å². The molecule has 1 saturated heterocycles. The summed E-state index contributed by atoms with van der Waals surface area (Å²) < 4.78 is 27.8. The van der Waals surface area contributed by atoms with Crippen LogP contribution in [0.25, 0.3) is 0 Å². The summed E-state index contributed by atoms with van der Waals surface area (Å²) in [5, 5.41) is 10.7. The predicted molar refractivity (Wildman–Crippen MR) is 108 cm³/mol. The Hall–Kier alpha value is -1.89. The lowest BCUT2D eigenvalue weighted by Gasteiger charge is -2.31. The first kappa shape index (κ1) is 19.9. The van der Waals surface area contributed by atoms with E-state index in [-0.39, 0.29) is 11.4 Å². The zero-order chi connectivity index (χ0) is 19.3. The Balaban J connectivity index is 1.84. The molecule has 2 aromatic carbocycles. The van der Waals surface area contributed by atoms with E-state index in [1.54, 1.807) is 42.5 Å². The van der Waals surface area contributed by atoms with Crippen molar-refractivity contribution in [2.24, 2.45) is 0 Å². The van der Waals surface area contributed by atoms with Gasteiger partial charge in [0.1, 0.15) is 0 Å². The molecule has 1 heterocycles. The topological polar surface area (TPSA) is 60.9 Å². The first-order valence-electron chi connectivity index (χ1n) is 9.52. The molecule has 1 fully saturated rings. The molecule has 146 valence electrons. The number of likely N-dealkylation sites (tertiary alicyclic amines) is 1. The minimum absolute atomic E-state index is 0.0385. The third kappa shape index (κ3) is 5.09. The second-order valence-electron chi connectivity index (χ2n) is 7.20. The lowest BCUT2D eigenvalue weighted by Crippen LogP contribution is -2.44. The summed E-state index contributed by atoms with van der Waals surface area (Å²) in [6.45, 7) is 4.43. The number of hydrogen-bond acceptors (Lipinski definition) is 4. The SMILES string of the molecule is Cc1ccc(N(C[C@@H](O)CN2CCCCC2)S(=O)(=O)c2ccccc2)cc1. The molecule has 0 saturated carbocycles. The van der Waals surface area contributed by atoms with E-state index in [1.807, 2.05) is 19.1 Å². The van der Waals surface area contributed by atoms with Gasteiger partial charge in [-0.25, -0.2) is 8.42 Å². The first-order chi connectivity index (χ1) is 13.0. The molecule has 0 aliphatic carbocycles. The number of rotatable bonds is 7. The van der Waals surface area contributed by atoms with Crippen molar-refractivity contribution in [3.05, 3.63) is 60.2 Å². The lowest BCUT2D eigenvalue weighted by atomic mass is 10.1. The van der Waals surface area contributed by atoms with Gasteiger partial charge in [-0.15, -0.1) is 0 Å². The van der Waals surface area contributed by atoms with Crippen molar-refractivity contribution >= 4 is 15.7 Å². The maximum absolute atomic E-state index is 13.2. The standard InChI is InChI=1S/C21H28N2O3S/c1-18-10-12-19(13-11-18)23(27(25,26)21-8-4-2-5-9-21)17-20(24)16-22-14-6-3-7-15-22/h2,4-5,8-13,20,24H,3,6-7,14-17H2,1H3/t20-/m0/s1. The van der Waals surface area contributed by atoms with E-state index in [9.17, 15) is 13.5 Å². The van der Waals surface area contributed by atoms with E-state index in [2.05, 4.69) is 4.90 Å². The van der Waals surface area contributed by atoms with Crippen molar-refractivity contribution in [2.45, 2.75) is 37.2 Å². The minimum atomic E-state index is -3.75. The average Bonchev–Trinajstić information content (AvgIpc) is 2.68. The molecule has 3 rings (SSSR count). The molecule has 27 heavy (non-hydrogen) atoms. The number of piperidine rings is 1. The quantitative estimate of drug-likeness (QED) is 0.792. The highest BCUT2D eigenvalue weighted by atomic mass is 32.2. The number of β-amino-alcohol motifs (C(OH)–C–C–N with tert-alkyl or cyclic N) is 1. The third-order valence-electron chi connectivity index (χ3n) is 4.95. The van der Waals surface area contributed by atoms with Gasteiger partial charge in [0.25, 0.3) is 10.0 Å². The Morgan fingerprint density at radius 2 is 1.63 bits per heavy atom. The van der Waals surface area contributed by atoms with Gasteiger partial charge in [0, 0.05) is 6.54 Å². The Labute approximate surface area is 162 Å². The summed E-state index contributed by atoms with van der Waals surface area (Å²) in [5.74, 6) is 0. The van der Waals surface area contributed by atoms with Crippen molar-refractivity contribution in [3.8, 4) is 0 Å². The molecule has 1 atom stereocenters. The van der Waals surface area contributed by atoms with Crippen molar-refractivity contribution < 1.29 is 13.5 Å². The van der Waals surface area contributed by atoms with E-state index >= 15 is 0 Å². The molecule has 0 spiro atoms. The average molecular weight is 389 g/mol. The third-order valence-corrected chi connectivity index (χ3v) is 6.76. The summed E-state index contributed by atoms with van der Waals surface area (Å²) in [6.07, 6.45) is 2.75. The van der Waals surface area contributed by atoms with E-state index in [4.69, 9.17) is 0 Å². The molecule has 0 unspecified atom stereocenters. The molecule has 0 aromatic heterocycles. The fraction of sp³-hybridized carbons (Fsp3) is 0.429. The number of aliphatic hydroxyl groups excluding tert-OH is 1. The second kappa shape index (κ2) is 8.87. The Morgan fingerprint density at radius 3 is 2.26 bits per heavy atom. The normalized spacial score (nSPS) is 16.8. The molecule has 1 aliphatic rings. The molecule has 1 aliphatic heterocycles. The minimum Gasteiger partial charge on any atom is -0.390 e. The number of anilines is 1. The van der Waals surface area contributed by atoms with Gasteiger partial charge in [0.15, 0.2) is 0 Å². The van der Waals surface area contributed by atoms with Crippen LogP contribution in [0.3, 0.4) is 0 Å². The Bertz CT molecular complexity index is 816. The molecule has 6 heteroatoms. The summed E-state index contributed by atoms with van der Waals surface area (Å²) in [4.78, 5) is 2.45. The summed E-state index contributed by atoms with van der Waals surface area (Å²) in [7, 11) is -3.75. The Morgan fingerprint density at radius 1 is 1.00 bits per heavy atom. The molecular formula is C21H28N2O3S. The smallest absolute Gasteiger partial charge is 0.264 e. The maximum atomic E-state index is 13.2. The van der Waals surface area contributed by atoms with Crippen LogP contribution in [0, 0.1) is 6.92 Å². The van der Waals surface area contributed by atoms with Gasteiger partial charge in [-0.05, 0) is 57.1 Å². The monoisotopic (exact) mass is 388 g/mol. The van der Waals surface area contributed by atoms with Crippen LogP contribution in [0.15, 0.2) is 59.5 Å². The number of hydrogen-bond donors (Lipinski definition) is 1. The molecule has 2 aromatic rings. The Kier molecular flexibility index (Phi) is 6.52. The largest absolute Gasteiger partial charge is 0.390 e. The van der Waals surface area contributed by atoms with Crippen LogP contribution in [-0.4, -0.2) is 50.7 Å². The number of aliphatic hydroxyl groups is 1. The van der Waals surface area contributed by atoms with Crippen LogP contribution < -0.4 is 4.31 Å². The van der Waals surface area contributed by atoms with Crippen molar-refractivity contribution in [3.63, 3.8) is 0 Å². The number of sulfonamides is 1.